The van der Waals surface area contributed by atoms with Gasteiger partial charge in [0.25, 0.3) is 0 Å². The normalized spacial score (nSPS) is 10.0. The summed E-state index contributed by atoms with van der Waals surface area (Å²) in [5.41, 5.74) is 0. The second-order valence-electron chi connectivity index (χ2n) is 1.00. The third-order valence-electron chi connectivity index (χ3n) is 0.188. The van der Waals surface area contributed by atoms with Gasteiger partial charge >= 0.3 is 91.0 Å². The first-order valence-corrected chi connectivity index (χ1v) is 4.46. The standard InChI is InChI=1S/K.Li.2H2O5S.2H/c;;2*1-5-6(2,3)4;;/h;;2*1H,(H,2,3,4);;. The summed E-state index contributed by atoms with van der Waals surface area (Å²) in [5.74, 6) is 0. The molecule has 0 aromatic heterocycles. The van der Waals surface area contributed by atoms with Gasteiger partial charge in [0, 0.05) is 0 Å². The van der Waals surface area contributed by atoms with Gasteiger partial charge in [-0.25, -0.2) is 10.5 Å². The van der Waals surface area contributed by atoms with E-state index in [-0.39, 0.29) is 70.2 Å². The Hall–Kier alpha value is 1.89. The van der Waals surface area contributed by atoms with Gasteiger partial charge in [-0.05, 0) is 0 Å². The Kier molecular flexibility index (Phi) is 20.3. The molecular formula is H6KLiO10S2. The van der Waals surface area contributed by atoms with Crippen LogP contribution in [0, 0.1) is 0 Å². The summed E-state index contributed by atoms with van der Waals surface area (Å²) in [4.78, 5) is 0. The fourth-order valence-electron chi connectivity index (χ4n) is 0. The molecule has 0 saturated heterocycles. The van der Waals surface area contributed by atoms with Crippen LogP contribution in [0.1, 0.15) is 0 Å². The van der Waals surface area contributed by atoms with E-state index in [1.807, 2.05) is 0 Å². The SMILES string of the molecule is O=S(=O)(O)OO.O=S(=O)(O)OO.[KH].[LiH]. The second kappa shape index (κ2) is 11.4. The van der Waals surface area contributed by atoms with Gasteiger partial charge < -0.3 is 0 Å². The van der Waals surface area contributed by atoms with E-state index < -0.39 is 20.8 Å². The minimum atomic E-state index is -4.61. The van der Waals surface area contributed by atoms with Crippen molar-refractivity contribution in [3.8, 4) is 0 Å². The van der Waals surface area contributed by atoms with Gasteiger partial charge in [-0.3, -0.25) is 9.11 Å². The summed E-state index contributed by atoms with van der Waals surface area (Å²) in [5, 5.41) is 14.1. The number of hydrogen-bond acceptors (Lipinski definition) is 8. The Bertz CT molecular complexity index is 254. The first-order valence-electron chi connectivity index (χ1n) is 1.73. The monoisotopic (exact) mass is 276 g/mol. The molecule has 0 saturated carbocycles. The predicted molar refractivity (Wildman–Crippen MR) is 44.8 cm³/mol. The van der Waals surface area contributed by atoms with Crippen LogP contribution in [0.15, 0.2) is 0 Å². The van der Waals surface area contributed by atoms with Gasteiger partial charge in [-0.15, -0.1) is 0 Å². The summed E-state index contributed by atoms with van der Waals surface area (Å²) in [6.07, 6.45) is 0. The molecule has 10 nitrogen and oxygen atoms in total. The van der Waals surface area contributed by atoms with Crippen LogP contribution in [0.3, 0.4) is 0 Å². The number of rotatable bonds is 2. The molecule has 0 aromatic rings. The summed E-state index contributed by atoms with van der Waals surface area (Å²) < 4.78 is 55.9. The summed E-state index contributed by atoms with van der Waals surface area (Å²) >= 11 is 0. The molecule has 0 fully saturated rings. The van der Waals surface area contributed by atoms with Gasteiger partial charge in [-0.1, -0.05) is 8.67 Å². The Morgan fingerprint density at radius 3 is 0.857 bits per heavy atom. The van der Waals surface area contributed by atoms with Crippen LogP contribution in [0.5, 0.6) is 0 Å². The van der Waals surface area contributed by atoms with E-state index in [1.54, 1.807) is 0 Å². The molecule has 0 aliphatic carbocycles. The van der Waals surface area contributed by atoms with Crippen molar-refractivity contribution in [3.63, 3.8) is 0 Å². The molecule has 0 spiro atoms. The van der Waals surface area contributed by atoms with E-state index in [0.29, 0.717) is 0 Å². The zero-order valence-corrected chi connectivity index (χ0v) is 6.69. The minimum absolute atomic E-state index is 0. The third kappa shape index (κ3) is 37.1. The van der Waals surface area contributed by atoms with Crippen LogP contribution in [0.25, 0.3) is 0 Å². The Morgan fingerprint density at radius 1 is 0.786 bits per heavy atom. The van der Waals surface area contributed by atoms with Crippen LogP contribution in [0.2, 0.25) is 0 Å². The van der Waals surface area contributed by atoms with Crippen molar-refractivity contribution >= 4 is 91.0 Å². The molecule has 4 N–H and O–H groups in total. The summed E-state index contributed by atoms with van der Waals surface area (Å²) in [6.45, 7) is 0. The molecule has 0 heterocycles. The van der Waals surface area contributed by atoms with Gasteiger partial charge in [-0.2, -0.15) is 16.8 Å². The first-order chi connectivity index (χ1) is 5.12. The topological polar surface area (TPSA) is 168 Å². The molecule has 0 amide bonds. The van der Waals surface area contributed by atoms with Crippen LogP contribution < -0.4 is 0 Å². The van der Waals surface area contributed by atoms with Gasteiger partial charge in [0.2, 0.25) is 0 Å². The maximum absolute atomic E-state index is 9.08. The molecule has 0 rings (SSSR count). The summed E-state index contributed by atoms with van der Waals surface area (Å²) in [7, 11) is -9.21. The third-order valence-corrected chi connectivity index (χ3v) is 0.565. The van der Waals surface area contributed by atoms with Crippen molar-refractivity contribution in [2.45, 2.75) is 0 Å². The molecule has 14 heavy (non-hydrogen) atoms. The average molecular weight is 276 g/mol. The van der Waals surface area contributed by atoms with Crippen molar-refractivity contribution in [1.29, 1.82) is 0 Å². The quantitative estimate of drug-likeness (QED) is 0.180. The fraction of sp³-hybridized carbons (Fsp3) is 0. The number of hydrogen-bond donors (Lipinski definition) is 4. The van der Waals surface area contributed by atoms with E-state index >= 15 is 0 Å². The van der Waals surface area contributed by atoms with Crippen molar-refractivity contribution in [2.24, 2.45) is 0 Å². The molecule has 80 valence electrons. The molecule has 0 aromatic carbocycles. The molecule has 0 unspecified atom stereocenters. The molecule has 14 heteroatoms. The van der Waals surface area contributed by atoms with E-state index in [4.69, 9.17) is 36.5 Å². The van der Waals surface area contributed by atoms with Crippen LogP contribution in [0.4, 0.5) is 0 Å². The average Bonchev–Trinajstić information content (AvgIpc) is 1.86. The van der Waals surface area contributed by atoms with Crippen molar-refractivity contribution in [3.05, 3.63) is 0 Å². The fourth-order valence-corrected chi connectivity index (χ4v) is 0. The maximum atomic E-state index is 9.08. The van der Waals surface area contributed by atoms with Gasteiger partial charge in [0.05, 0.1) is 0 Å². The van der Waals surface area contributed by atoms with Crippen LogP contribution in [-0.4, -0.2) is 107 Å². The zero-order chi connectivity index (χ0) is 10.4. The van der Waals surface area contributed by atoms with Crippen molar-refractivity contribution in [2.75, 3.05) is 0 Å². The zero-order valence-electron chi connectivity index (χ0n) is 5.05. The predicted octanol–water partition coefficient (Wildman–Crippen LogP) is -2.74. The Morgan fingerprint density at radius 2 is 0.857 bits per heavy atom. The molecule has 0 aliphatic heterocycles. The molecule has 0 atom stereocenters. The first kappa shape index (κ1) is 24.9. The molecule has 0 radical (unpaired) electrons. The Balaban J connectivity index is -0.0000000625. The van der Waals surface area contributed by atoms with Crippen molar-refractivity contribution < 1.29 is 45.1 Å². The summed E-state index contributed by atoms with van der Waals surface area (Å²) in [6, 6.07) is 0. The second-order valence-corrected chi connectivity index (χ2v) is 3.01. The van der Waals surface area contributed by atoms with E-state index in [9.17, 15) is 0 Å². The van der Waals surface area contributed by atoms with E-state index in [1.165, 1.54) is 0 Å². The Labute approximate surface area is 134 Å². The van der Waals surface area contributed by atoms with E-state index in [2.05, 4.69) is 8.67 Å². The van der Waals surface area contributed by atoms with Crippen molar-refractivity contribution in [1.82, 2.24) is 0 Å². The molecule has 0 aliphatic rings. The van der Waals surface area contributed by atoms with Gasteiger partial charge in [0.1, 0.15) is 0 Å². The van der Waals surface area contributed by atoms with Gasteiger partial charge in [0.15, 0.2) is 0 Å². The molecular weight excluding hydrogens is 270 g/mol. The van der Waals surface area contributed by atoms with E-state index in [0.717, 1.165) is 0 Å². The van der Waals surface area contributed by atoms with Crippen LogP contribution in [-0.2, 0) is 29.5 Å². The van der Waals surface area contributed by atoms with Crippen LogP contribution >= 0.6 is 0 Å². The molecule has 0 bridgehead atoms.